The lowest BCUT2D eigenvalue weighted by Gasteiger charge is -2.06. The van der Waals surface area contributed by atoms with Crippen molar-refractivity contribution in [2.45, 2.75) is 0 Å². The zero-order chi connectivity index (χ0) is 13.8. The average molecular weight is 265 g/mol. The van der Waals surface area contributed by atoms with E-state index in [2.05, 4.69) is 10.1 Å². The molecule has 0 amide bonds. The van der Waals surface area contributed by atoms with Crippen LogP contribution in [0.4, 0.5) is 8.78 Å². The second kappa shape index (κ2) is 5.30. The molecule has 0 aliphatic carbocycles. The van der Waals surface area contributed by atoms with Gasteiger partial charge in [0.2, 0.25) is 0 Å². The molecule has 1 aromatic heterocycles. The van der Waals surface area contributed by atoms with Crippen molar-refractivity contribution in [3.8, 4) is 11.5 Å². The molecule has 0 fully saturated rings. The number of nitrogens with two attached hydrogens (primary N) is 1. The van der Waals surface area contributed by atoms with Crippen molar-refractivity contribution in [2.24, 2.45) is 10.9 Å². The smallest absolute Gasteiger partial charge is 0.188 e. The number of benzene rings is 1. The highest BCUT2D eigenvalue weighted by Crippen LogP contribution is 2.22. The molecule has 0 saturated heterocycles. The Bertz CT molecular complexity index is 615. The van der Waals surface area contributed by atoms with Crippen LogP contribution < -0.4 is 10.5 Å². The summed E-state index contributed by atoms with van der Waals surface area (Å²) in [7, 11) is 0. The van der Waals surface area contributed by atoms with Gasteiger partial charge >= 0.3 is 0 Å². The Hall–Kier alpha value is -2.70. The third-order valence-electron chi connectivity index (χ3n) is 2.23. The molecule has 1 aromatic carbocycles. The van der Waals surface area contributed by atoms with Crippen LogP contribution in [0.5, 0.6) is 11.5 Å². The van der Waals surface area contributed by atoms with Gasteiger partial charge in [0.1, 0.15) is 17.2 Å². The van der Waals surface area contributed by atoms with Crippen LogP contribution in [-0.2, 0) is 0 Å². The molecule has 19 heavy (non-hydrogen) atoms. The summed E-state index contributed by atoms with van der Waals surface area (Å²) in [6, 6.07) is 6.14. The van der Waals surface area contributed by atoms with E-state index in [9.17, 15) is 8.78 Å². The van der Waals surface area contributed by atoms with E-state index < -0.39 is 11.6 Å². The van der Waals surface area contributed by atoms with Crippen LogP contribution in [0, 0.1) is 11.6 Å². The molecule has 98 valence electrons. The second-order valence-electron chi connectivity index (χ2n) is 3.54. The molecule has 0 atom stereocenters. The number of hydrogen-bond acceptors (Lipinski definition) is 4. The number of hydrogen-bond donors (Lipinski definition) is 2. The first-order valence-corrected chi connectivity index (χ1v) is 5.17. The Balaban J connectivity index is 2.17. The largest absolute Gasteiger partial charge is 0.456 e. The van der Waals surface area contributed by atoms with Crippen molar-refractivity contribution in [1.29, 1.82) is 0 Å². The maximum atomic E-state index is 13.0. The Morgan fingerprint density at radius 1 is 1.16 bits per heavy atom. The number of oxime groups is 1. The Morgan fingerprint density at radius 2 is 1.89 bits per heavy atom. The molecule has 7 heteroatoms. The lowest BCUT2D eigenvalue weighted by atomic mass is 10.3. The highest BCUT2D eigenvalue weighted by Gasteiger charge is 2.05. The van der Waals surface area contributed by atoms with E-state index in [-0.39, 0.29) is 17.3 Å². The Labute approximate surface area is 107 Å². The molecule has 5 nitrogen and oxygen atoms in total. The van der Waals surface area contributed by atoms with Crippen molar-refractivity contribution in [3.63, 3.8) is 0 Å². The second-order valence-corrected chi connectivity index (χ2v) is 3.54. The van der Waals surface area contributed by atoms with Crippen molar-refractivity contribution < 1.29 is 18.7 Å². The zero-order valence-electron chi connectivity index (χ0n) is 9.55. The molecule has 0 aliphatic heterocycles. The van der Waals surface area contributed by atoms with Gasteiger partial charge in [-0.15, -0.1) is 0 Å². The number of nitrogens with zero attached hydrogens (tertiary/aromatic N) is 2. The van der Waals surface area contributed by atoms with E-state index in [0.717, 1.165) is 12.1 Å². The summed E-state index contributed by atoms with van der Waals surface area (Å²) in [4.78, 5) is 3.88. The summed E-state index contributed by atoms with van der Waals surface area (Å²) >= 11 is 0. The van der Waals surface area contributed by atoms with E-state index >= 15 is 0 Å². The summed E-state index contributed by atoms with van der Waals surface area (Å²) in [5.41, 5.74) is 5.60. The summed E-state index contributed by atoms with van der Waals surface area (Å²) in [5, 5.41) is 11.3. The van der Waals surface area contributed by atoms with Crippen molar-refractivity contribution in [1.82, 2.24) is 4.98 Å². The molecular formula is C12H9F2N3O2. The number of aromatic nitrogens is 1. The van der Waals surface area contributed by atoms with Crippen LogP contribution in [0.15, 0.2) is 41.7 Å². The third kappa shape index (κ3) is 2.95. The van der Waals surface area contributed by atoms with E-state index in [1.165, 1.54) is 24.4 Å². The summed E-state index contributed by atoms with van der Waals surface area (Å²) in [6.45, 7) is 0. The van der Waals surface area contributed by atoms with Crippen LogP contribution in [0.2, 0.25) is 0 Å². The molecule has 0 unspecified atom stereocenters. The minimum absolute atomic E-state index is 0.136. The van der Waals surface area contributed by atoms with Gasteiger partial charge < -0.3 is 15.7 Å². The van der Waals surface area contributed by atoms with Crippen molar-refractivity contribution >= 4 is 5.84 Å². The fourth-order valence-corrected chi connectivity index (χ4v) is 1.32. The first-order chi connectivity index (χ1) is 9.10. The summed E-state index contributed by atoms with van der Waals surface area (Å²) < 4.78 is 31.0. The molecule has 0 saturated carbocycles. The monoisotopic (exact) mass is 265 g/mol. The number of amidine groups is 1. The summed E-state index contributed by atoms with van der Waals surface area (Å²) in [6.07, 6.45) is 1.31. The highest BCUT2D eigenvalue weighted by atomic mass is 19.2. The van der Waals surface area contributed by atoms with Gasteiger partial charge in [-0.2, -0.15) is 0 Å². The zero-order valence-corrected chi connectivity index (χ0v) is 9.55. The predicted octanol–water partition coefficient (Wildman–Crippen LogP) is 2.25. The first-order valence-electron chi connectivity index (χ1n) is 5.17. The lowest BCUT2D eigenvalue weighted by molar-refractivity contribution is 0.318. The van der Waals surface area contributed by atoms with E-state index in [1.54, 1.807) is 0 Å². The number of halogens is 2. The normalized spacial score (nSPS) is 11.4. The minimum Gasteiger partial charge on any atom is -0.456 e. The Kier molecular flexibility index (Phi) is 3.56. The van der Waals surface area contributed by atoms with Gasteiger partial charge in [0.25, 0.3) is 0 Å². The van der Waals surface area contributed by atoms with Crippen molar-refractivity contribution in [3.05, 3.63) is 53.9 Å². The molecule has 1 heterocycles. The van der Waals surface area contributed by atoms with Gasteiger partial charge in [-0.05, 0) is 24.3 Å². The fraction of sp³-hybridized carbons (Fsp3) is 0. The van der Waals surface area contributed by atoms with Gasteiger partial charge in [0.15, 0.2) is 17.5 Å². The van der Waals surface area contributed by atoms with Gasteiger partial charge in [0, 0.05) is 6.07 Å². The van der Waals surface area contributed by atoms with Crippen molar-refractivity contribution in [2.75, 3.05) is 0 Å². The van der Waals surface area contributed by atoms with Gasteiger partial charge in [-0.25, -0.2) is 13.8 Å². The predicted molar refractivity (Wildman–Crippen MR) is 63.2 cm³/mol. The van der Waals surface area contributed by atoms with Crippen LogP contribution in [0.25, 0.3) is 0 Å². The third-order valence-corrected chi connectivity index (χ3v) is 2.23. The topological polar surface area (TPSA) is 80.7 Å². The highest BCUT2D eigenvalue weighted by molar-refractivity contribution is 5.95. The molecule has 0 radical (unpaired) electrons. The van der Waals surface area contributed by atoms with Gasteiger partial charge in [-0.1, -0.05) is 5.16 Å². The standard InChI is InChI=1S/C12H9F2N3O2/c13-9-3-1-7(5-10(9)14)19-8-2-4-11(16-6-8)12(15)17-18/h1-6,18H,(H2,15,17). The molecule has 2 aromatic rings. The SMILES string of the molecule is N/C(=N/O)c1ccc(Oc2ccc(F)c(F)c2)cn1. The number of rotatable bonds is 3. The fourth-order valence-electron chi connectivity index (χ4n) is 1.32. The molecule has 3 N–H and O–H groups in total. The van der Waals surface area contributed by atoms with E-state index in [0.29, 0.717) is 5.75 Å². The summed E-state index contributed by atoms with van der Waals surface area (Å²) in [5.74, 6) is -1.65. The quantitative estimate of drug-likeness (QED) is 0.386. The van der Waals surface area contributed by atoms with Gasteiger partial charge in [-0.3, -0.25) is 0 Å². The number of ether oxygens (including phenoxy) is 1. The molecule has 0 bridgehead atoms. The van der Waals surface area contributed by atoms with Crippen LogP contribution in [0.1, 0.15) is 5.69 Å². The van der Waals surface area contributed by atoms with E-state index in [1.807, 2.05) is 0 Å². The van der Waals surface area contributed by atoms with Crippen LogP contribution in [-0.4, -0.2) is 16.0 Å². The van der Waals surface area contributed by atoms with Crippen LogP contribution >= 0.6 is 0 Å². The molecule has 2 rings (SSSR count). The number of pyridine rings is 1. The maximum Gasteiger partial charge on any atom is 0.188 e. The van der Waals surface area contributed by atoms with E-state index in [4.69, 9.17) is 15.7 Å². The lowest BCUT2D eigenvalue weighted by Crippen LogP contribution is -2.14. The Morgan fingerprint density at radius 3 is 2.47 bits per heavy atom. The minimum atomic E-state index is -1.00. The average Bonchev–Trinajstić information content (AvgIpc) is 2.43. The first kappa shape index (κ1) is 12.7. The molecule has 0 spiro atoms. The van der Waals surface area contributed by atoms with Gasteiger partial charge in [0.05, 0.1) is 6.20 Å². The van der Waals surface area contributed by atoms with Crippen LogP contribution in [0.3, 0.4) is 0 Å². The molecule has 0 aliphatic rings. The molecular weight excluding hydrogens is 256 g/mol. The maximum absolute atomic E-state index is 13.0.